The molecule has 0 spiro atoms. The van der Waals surface area contributed by atoms with Crippen LogP contribution in [0.3, 0.4) is 0 Å². The van der Waals surface area contributed by atoms with Crippen molar-refractivity contribution in [1.82, 2.24) is 5.32 Å². The van der Waals surface area contributed by atoms with Crippen molar-refractivity contribution >= 4 is 11.9 Å². The second kappa shape index (κ2) is 8.50. The van der Waals surface area contributed by atoms with E-state index in [-0.39, 0.29) is 29.1 Å². The number of amides is 1. The van der Waals surface area contributed by atoms with E-state index in [2.05, 4.69) is 5.32 Å². The molecule has 0 aliphatic heterocycles. The summed E-state index contributed by atoms with van der Waals surface area (Å²) in [7, 11) is 1.33. The van der Waals surface area contributed by atoms with Gasteiger partial charge in [-0.05, 0) is 23.6 Å². The van der Waals surface area contributed by atoms with E-state index in [0.29, 0.717) is 0 Å². The Balaban J connectivity index is 2.98. The number of carbonyl (C=O) groups excluding carboxylic acids is 1. The number of hydrogen-bond acceptors (Lipinski definition) is 3. The maximum atomic E-state index is 13.8. The van der Waals surface area contributed by atoms with Crippen molar-refractivity contribution in [3.63, 3.8) is 0 Å². The molecule has 2 N–H and O–H groups in total. The first-order chi connectivity index (χ1) is 10.8. The largest absolute Gasteiger partial charge is 0.494 e. The number of halogens is 1. The predicted molar refractivity (Wildman–Crippen MR) is 84.7 cm³/mol. The Labute approximate surface area is 135 Å². The maximum absolute atomic E-state index is 13.8. The SMILES string of the molecule is CCC(CC)C(C)C(=O)NC(C(=O)O)c1ccc(OC)c(F)c1. The summed E-state index contributed by atoms with van der Waals surface area (Å²) in [6.45, 7) is 5.76. The zero-order chi connectivity index (χ0) is 17.6. The van der Waals surface area contributed by atoms with Gasteiger partial charge in [0.05, 0.1) is 7.11 Å². The monoisotopic (exact) mass is 325 g/mol. The number of rotatable bonds is 8. The number of hydrogen-bond donors (Lipinski definition) is 2. The molecule has 1 rings (SSSR count). The third-order valence-corrected chi connectivity index (χ3v) is 4.21. The minimum Gasteiger partial charge on any atom is -0.494 e. The normalized spacial score (nSPS) is 13.5. The second-order valence-corrected chi connectivity index (χ2v) is 5.54. The number of carbonyl (C=O) groups is 2. The molecule has 0 aliphatic rings. The number of aliphatic carboxylic acids is 1. The summed E-state index contributed by atoms with van der Waals surface area (Å²) in [5, 5.41) is 11.9. The van der Waals surface area contributed by atoms with Crippen LogP contribution in [0, 0.1) is 17.7 Å². The fourth-order valence-corrected chi connectivity index (χ4v) is 2.63. The minimum absolute atomic E-state index is 0.0228. The molecule has 128 valence electrons. The lowest BCUT2D eigenvalue weighted by atomic mass is 9.88. The molecule has 1 aromatic rings. The summed E-state index contributed by atoms with van der Waals surface area (Å²) in [4.78, 5) is 23.8. The lowest BCUT2D eigenvalue weighted by molar-refractivity contribution is -0.143. The number of carboxylic acid groups (broad SMARTS) is 1. The minimum atomic E-state index is -1.29. The van der Waals surface area contributed by atoms with Gasteiger partial charge in [-0.1, -0.05) is 39.7 Å². The molecule has 0 radical (unpaired) electrons. The summed E-state index contributed by atoms with van der Waals surface area (Å²) >= 11 is 0. The van der Waals surface area contributed by atoms with E-state index < -0.39 is 17.8 Å². The molecule has 5 nitrogen and oxygen atoms in total. The number of ether oxygens (including phenoxy) is 1. The molecule has 1 aromatic carbocycles. The lowest BCUT2D eigenvalue weighted by Gasteiger charge is -2.23. The molecule has 2 unspecified atom stereocenters. The quantitative estimate of drug-likeness (QED) is 0.770. The highest BCUT2D eigenvalue weighted by Crippen LogP contribution is 2.24. The summed E-state index contributed by atoms with van der Waals surface area (Å²) in [6, 6.07) is 2.55. The summed E-state index contributed by atoms with van der Waals surface area (Å²) in [5.41, 5.74) is 0.167. The molecule has 2 atom stereocenters. The van der Waals surface area contributed by atoms with Crippen LogP contribution in [0.2, 0.25) is 0 Å². The summed E-state index contributed by atoms with van der Waals surface area (Å²) in [6.07, 6.45) is 1.67. The highest BCUT2D eigenvalue weighted by Gasteiger charge is 2.28. The Morgan fingerprint density at radius 2 is 1.91 bits per heavy atom. The lowest BCUT2D eigenvalue weighted by Crippen LogP contribution is -2.39. The second-order valence-electron chi connectivity index (χ2n) is 5.54. The van der Waals surface area contributed by atoms with Gasteiger partial charge < -0.3 is 15.2 Å². The van der Waals surface area contributed by atoms with Gasteiger partial charge in [0.25, 0.3) is 0 Å². The van der Waals surface area contributed by atoms with Crippen molar-refractivity contribution in [1.29, 1.82) is 0 Å². The Morgan fingerprint density at radius 3 is 2.35 bits per heavy atom. The van der Waals surface area contributed by atoms with Crippen LogP contribution in [-0.2, 0) is 9.59 Å². The molecule has 0 bridgehead atoms. The van der Waals surface area contributed by atoms with E-state index in [0.717, 1.165) is 18.9 Å². The maximum Gasteiger partial charge on any atom is 0.330 e. The fraction of sp³-hybridized carbons (Fsp3) is 0.529. The third kappa shape index (κ3) is 4.68. The molecule has 0 saturated carbocycles. The summed E-state index contributed by atoms with van der Waals surface area (Å²) in [5.74, 6) is -2.36. The van der Waals surface area contributed by atoms with E-state index in [9.17, 15) is 19.1 Å². The molecule has 1 amide bonds. The van der Waals surface area contributed by atoms with Gasteiger partial charge in [-0.15, -0.1) is 0 Å². The van der Waals surface area contributed by atoms with Crippen molar-refractivity contribution in [2.24, 2.45) is 11.8 Å². The number of benzene rings is 1. The third-order valence-electron chi connectivity index (χ3n) is 4.21. The van der Waals surface area contributed by atoms with Crippen molar-refractivity contribution in [3.05, 3.63) is 29.6 Å². The Bertz CT molecular complexity index is 558. The zero-order valence-corrected chi connectivity index (χ0v) is 13.9. The van der Waals surface area contributed by atoms with Crippen LogP contribution in [0.5, 0.6) is 5.75 Å². The fourth-order valence-electron chi connectivity index (χ4n) is 2.63. The predicted octanol–water partition coefficient (Wildman–Crippen LogP) is 3.15. The van der Waals surface area contributed by atoms with Gasteiger partial charge >= 0.3 is 5.97 Å². The average Bonchev–Trinajstić information content (AvgIpc) is 2.52. The molecule has 0 fully saturated rings. The van der Waals surface area contributed by atoms with Gasteiger partial charge in [0, 0.05) is 5.92 Å². The van der Waals surface area contributed by atoms with Crippen LogP contribution >= 0.6 is 0 Å². The van der Waals surface area contributed by atoms with E-state index >= 15 is 0 Å². The van der Waals surface area contributed by atoms with Crippen molar-refractivity contribution < 1.29 is 23.8 Å². The summed E-state index contributed by atoms with van der Waals surface area (Å²) < 4.78 is 18.6. The van der Waals surface area contributed by atoms with Crippen LogP contribution < -0.4 is 10.1 Å². The van der Waals surface area contributed by atoms with E-state index in [4.69, 9.17) is 4.74 Å². The highest BCUT2D eigenvalue weighted by atomic mass is 19.1. The van der Waals surface area contributed by atoms with Crippen LogP contribution in [0.4, 0.5) is 4.39 Å². The number of methoxy groups -OCH3 is 1. The Hall–Kier alpha value is -2.11. The van der Waals surface area contributed by atoms with Gasteiger partial charge in [-0.25, -0.2) is 9.18 Å². The van der Waals surface area contributed by atoms with E-state index in [1.807, 2.05) is 13.8 Å². The van der Waals surface area contributed by atoms with Crippen molar-refractivity contribution in [3.8, 4) is 5.75 Å². The van der Waals surface area contributed by atoms with Gasteiger partial charge in [0.15, 0.2) is 17.6 Å². The highest BCUT2D eigenvalue weighted by molar-refractivity contribution is 5.85. The van der Waals surface area contributed by atoms with Gasteiger partial charge in [-0.3, -0.25) is 4.79 Å². The first-order valence-electron chi connectivity index (χ1n) is 7.72. The Kier molecular flexibility index (Phi) is 7.00. The smallest absolute Gasteiger partial charge is 0.330 e. The van der Waals surface area contributed by atoms with E-state index in [1.165, 1.54) is 19.2 Å². The first-order valence-corrected chi connectivity index (χ1v) is 7.72. The van der Waals surface area contributed by atoms with Crippen LogP contribution in [0.15, 0.2) is 18.2 Å². The Morgan fingerprint density at radius 1 is 1.30 bits per heavy atom. The molecular weight excluding hydrogens is 301 g/mol. The molecule has 23 heavy (non-hydrogen) atoms. The van der Waals surface area contributed by atoms with Crippen LogP contribution in [-0.4, -0.2) is 24.1 Å². The topological polar surface area (TPSA) is 75.6 Å². The van der Waals surface area contributed by atoms with Crippen LogP contribution in [0.1, 0.15) is 45.2 Å². The molecule has 6 heteroatoms. The standard InChI is InChI=1S/C17H24FNO4/c1-5-11(6-2)10(3)16(20)19-15(17(21)22)12-7-8-14(23-4)13(18)9-12/h7-11,15H,5-6H2,1-4H3,(H,19,20)(H,21,22). The van der Waals surface area contributed by atoms with Gasteiger partial charge in [0.2, 0.25) is 5.91 Å². The van der Waals surface area contributed by atoms with E-state index in [1.54, 1.807) is 6.92 Å². The van der Waals surface area contributed by atoms with Gasteiger partial charge in [0.1, 0.15) is 0 Å². The molecule has 0 saturated heterocycles. The van der Waals surface area contributed by atoms with Crippen molar-refractivity contribution in [2.45, 2.75) is 39.7 Å². The number of carboxylic acids is 1. The molecule has 0 heterocycles. The molecule has 0 aliphatic carbocycles. The van der Waals surface area contributed by atoms with Crippen molar-refractivity contribution in [2.75, 3.05) is 7.11 Å². The number of nitrogens with one attached hydrogen (secondary N) is 1. The molecule has 0 aromatic heterocycles. The zero-order valence-electron chi connectivity index (χ0n) is 13.9. The van der Waals surface area contributed by atoms with Gasteiger partial charge in [-0.2, -0.15) is 0 Å². The first kappa shape index (κ1) is 18.9. The molecular formula is C17H24FNO4. The van der Waals surface area contributed by atoms with Crippen LogP contribution in [0.25, 0.3) is 0 Å². The average molecular weight is 325 g/mol.